The van der Waals surface area contributed by atoms with Gasteiger partial charge in [-0.15, -0.1) is 0 Å². The summed E-state index contributed by atoms with van der Waals surface area (Å²) in [6.45, 7) is 0. The van der Waals surface area contributed by atoms with Gasteiger partial charge in [0.15, 0.2) is 17.3 Å². The van der Waals surface area contributed by atoms with Gasteiger partial charge in [-0.25, -0.2) is 0 Å². The van der Waals surface area contributed by atoms with Crippen LogP contribution in [-0.2, 0) is 4.79 Å². The molecule has 0 aliphatic rings. The molecule has 0 amide bonds. The van der Waals surface area contributed by atoms with Gasteiger partial charge in [0.2, 0.25) is 0 Å². The Morgan fingerprint density at radius 1 is 1.04 bits per heavy atom. The molecule has 0 spiro atoms. The molecule has 2 aromatic carbocycles. The summed E-state index contributed by atoms with van der Waals surface area (Å²) in [5.41, 5.74) is 2.65. The van der Waals surface area contributed by atoms with Crippen LogP contribution in [0.4, 0.5) is 0 Å². The van der Waals surface area contributed by atoms with E-state index < -0.39 is 0 Å². The van der Waals surface area contributed by atoms with E-state index in [4.69, 9.17) is 4.74 Å². The molecule has 0 bridgehead atoms. The van der Waals surface area contributed by atoms with Crippen molar-refractivity contribution in [2.45, 2.75) is 0 Å². The van der Waals surface area contributed by atoms with Gasteiger partial charge in [-0.05, 0) is 59.0 Å². The van der Waals surface area contributed by atoms with Gasteiger partial charge in [-0.3, -0.25) is 4.79 Å². The van der Waals surface area contributed by atoms with Crippen molar-refractivity contribution < 1.29 is 19.7 Å². The standard InChI is InChI=1S/C22H19NO4/c1-27-22-13-16(5-9-21(22)26)3-7-19(25)14-18(24)6-2-15-4-8-20-17(12-15)10-11-23-20/h2-14,23-24,26H,1H3/b6-2+,7-3+,18-14-. The number of hydrogen-bond donors (Lipinski definition) is 3. The van der Waals surface area contributed by atoms with E-state index in [-0.39, 0.29) is 17.3 Å². The van der Waals surface area contributed by atoms with E-state index in [1.54, 1.807) is 24.3 Å². The van der Waals surface area contributed by atoms with Crippen molar-refractivity contribution in [3.8, 4) is 11.5 Å². The maximum atomic E-state index is 12.0. The van der Waals surface area contributed by atoms with E-state index in [1.807, 2.05) is 30.5 Å². The number of benzene rings is 2. The first-order valence-electron chi connectivity index (χ1n) is 8.30. The van der Waals surface area contributed by atoms with Crippen LogP contribution in [0, 0.1) is 0 Å². The average molecular weight is 361 g/mol. The second kappa shape index (κ2) is 8.10. The molecule has 3 N–H and O–H groups in total. The van der Waals surface area contributed by atoms with Gasteiger partial charge in [0, 0.05) is 17.8 Å². The Hall–Kier alpha value is -3.73. The number of aromatic hydroxyl groups is 1. The SMILES string of the molecule is COc1cc(/C=C/C(=O)/C=C(O)/C=C/c2ccc3[nH]ccc3c2)ccc1O. The van der Waals surface area contributed by atoms with Gasteiger partial charge >= 0.3 is 0 Å². The van der Waals surface area contributed by atoms with Crippen LogP contribution in [0.1, 0.15) is 11.1 Å². The van der Waals surface area contributed by atoms with Gasteiger partial charge in [-0.2, -0.15) is 0 Å². The monoisotopic (exact) mass is 361 g/mol. The molecule has 1 aromatic heterocycles. The smallest absolute Gasteiger partial charge is 0.182 e. The average Bonchev–Trinajstić information content (AvgIpc) is 3.13. The van der Waals surface area contributed by atoms with Crippen molar-refractivity contribution in [1.29, 1.82) is 0 Å². The number of carbonyl (C=O) groups excluding carboxylic acids is 1. The van der Waals surface area contributed by atoms with Crippen molar-refractivity contribution >= 4 is 28.8 Å². The largest absolute Gasteiger partial charge is 0.508 e. The number of aliphatic hydroxyl groups is 1. The van der Waals surface area contributed by atoms with Crippen LogP contribution in [0.2, 0.25) is 0 Å². The van der Waals surface area contributed by atoms with Crippen LogP contribution in [-0.4, -0.2) is 28.1 Å². The van der Waals surface area contributed by atoms with E-state index in [0.717, 1.165) is 22.5 Å². The lowest BCUT2D eigenvalue weighted by Gasteiger charge is -2.03. The van der Waals surface area contributed by atoms with Crippen LogP contribution in [0.25, 0.3) is 23.1 Å². The van der Waals surface area contributed by atoms with Gasteiger partial charge in [0.05, 0.1) is 7.11 Å². The number of phenols is 1. The van der Waals surface area contributed by atoms with E-state index in [1.165, 1.54) is 25.3 Å². The molecule has 0 fully saturated rings. The predicted molar refractivity (Wildman–Crippen MR) is 107 cm³/mol. The number of rotatable bonds is 6. The number of phenolic OH excluding ortho intramolecular Hbond substituents is 1. The lowest BCUT2D eigenvalue weighted by molar-refractivity contribution is -0.110. The highest BCUT2D eigenvalue weighted by Gasteiger charge is 2.01. The van der Waals surface area contributed by atoms with Crippen LogP contribution in [0.5, 0.6) is 11.5 Å². The fraction of sp³-hybridized carbons (Fsp3) is 0.0455. The number of allylic oxidation sites excluding steroid dienone is 3. The van der Waals surface area contributed by atoms with Crippen molar-refractivity contribution in [3.63, 3.8) is 0 Å². The fourth-order valence-corrected chi connectivity index (χ4v) is 2.58. The van der Waals surface area contributed by atoms with Crippen molar-refractivity contribution in [2.75, 3.05) is 7.11 Å². The molecule has 1 heterocycles. The van der Waals surface area contributed by atoms with Crippen LogP contribution in [0.3, 0.4) is 0 Å². The van der Waals surface area contributed by atoms with E-state index in [2.05, 4.69) is 4.98 Å². The predicted octanol–water partition coefficient (Wildman–Crippen LogP) is 4.62. The second-order valence-electron chi connectivity index (χ2n) is 5.89. The fourth-order valence-electron chi connectivity index (χ4n) is 2.58. The molecule has 0 saturated carbocycles. The zero-order valence-electron chi connectivity index (χ0n) is 14.7. The number of aromatic nitrogens is 1. The van der Waals surface area contributed by atoms with Crippen LogP contribution in [0.15, 0.2) is 72.6 Å². The summed E-state index contributed by atoms with van der Waals surface area (Å²) in [4.78, 5) is 15.1. The van der Waals surface area contributed by atoms with E-state index >= 15 is 0 Å². The minimum absolute atomic E-state index is 0.0291. The summed E-state index contributed by atoms with van der Waals surface area (Å²) in [6, 6.07) is 12.6. The lowest BCUT2D eigenvalue weighted by atomic mass is 10.1. The maximum Gasteiger partial charge on any atom is 0.182 e. The number of nitrogens with one attached hydrogen (secondary N) is 1. The Bertz CT molecular complexity index is 1060. The Balaban J connectivity index is 1.66. The molecule has 3 aromatic rings. The molecule has 27 heavy (non-hydrogen) atoms. The normalized spacial score (nSPS) is 12.3. The summed E-state index contributed by atoms with van der Waals surface area (Å²) in [6.07, 6.45) is 9.13. The van der Waals surface area contributed by atoms with Gasteiger partial charge in [0.1, 0.15) is 5.76 Å². The first-order chi connectivity index (χ1) is 13.0. The van der Waals surface area contributed by atoms with E-state index in [0.29, 0.717) is 11.3 Å². The molecule has 0 saturated heterocycles. The minimum atomic E-state index is -0.356. The highest BCUT2D eigenvalue weighted by Crippen LogP contribution is 2.26. The number of aromatic amines is 1. The van der Waals surface area contributed by atoms with Crippen molar-refractivity contribution in [1.82, 2.24) is 4.98 Å². The molecule has 3 rings (SSSR count). The summed E-state index contributed by atoms with van der Waals surface area (Å²) in [7, 11) is 1.45. The number of ketones is 1. The Morgan fingerprint density at radius 2 is 1.78 bits per heavy atom. The lowest BCUT2D eigenvalue weighted by Crippen LogP contribution is -1.89. The zero-order chi connectivity index (χ0) is 19.2. The van der Waals surface area contributed by atoms with Crippen molar-refractivity contribution in [3.05, 3.63) is 83.8 Å². The zero-order valence-corrected chi connectivity index (χ0v) is 14.7. The summed E-state index contributed by atoms with van der Waals surface area (Å²) < 4.78 is 5.02. The van der Waals surface area contributed by atoms with Crippen LogP contribution >= 0.6 is 0 Å². The molecule has 0 aliphatic heterocycles. The first kappa shape index (κ1) is 18.1. The molecule has 0 unspecified atom stereocenters. The molecule has 0 aliphatic carbocycles. The Kier molecular flexibility index (Phi) is 5.42. The quantitative estimate of drug-likeness (QED) is 0.340. The molecular weight excluding hydrogens is 342 g/mol. The number of H-pyrrole nitrogens is 1. The van der Waals surface area contributed by atoms with Crippen LogP contribution < -0.4 is 4.74 Å². The third-order valence-electron chi connectivity index (χ3n) is 3.96. The number of hydrogen-bond acceptors (Lipinski definition) is 4. The Labute approximate surface area is 156 Å². The molecule has 136 valence electrons. The molecule has 5 nitrogen and oxygen atoms in total. The highest BCUT2D eigenvalue weighted by atomic mass is 16.5. The molecular formula is C22H19NO4. The molecule has 0 radical (unpaired) electrons. The summed E-state index contributed by atoms with van der Waals surface area (Å²) in [5.74, 6) is -0.140. The first-order valence-corrected chi connectivity index (χ1v) is 8.30. The number of aliphatic hydroxyl groups excluding tert-OH is 1. The summed E-state index contributed by atoms with van der Waals surface area (Å²) in [5, 5.41) is 20.6. The number of carbonyl (C=O) groups is 1. The van der Waals surface area contributed by atoms with E-state index in [9.17, 15) is 15.0 Å². The number of fused-ring (bicyclic) bond motifs is 1. The minimum Gasteiger partial charge on any atom is -0.508 e. The van der Waals surface area contributed by atoms with Gasteiger partial charge in [-0.1, -0.05) is 24.3 Å². The Morgan fingerprint density at radius 3 is 2.59 bits per heavy atom. The third kappa shape index (κ3) is 4.67. The number of ether oxygens (including phenoxy) is 1. The summed E-state index contributed by atoms with van der Waals surface area (Å²) >= 11 is 0. The third-order valence-corrected chi connectivity index (χ3v) is 3.96. The highest BCUT2D eigenvalue weighted by molar-refractivity contribution is 6.02. The topological polar surface area (TPSA) is 82.5 Å². The molecule has 5 heteroatoms. The van der Waals surface area contributed by atoms with Crippen molar-refractivity contribution in [2.24, 2.45) is 0 Å². The molecule has 0 atom stereocenters. The second-order valence-corrected chi connectivity index (χ2v) is 5.89. The van der Waals surface area contributed by atoms with Gasteiger partial charge < -0.3 is 19.9 Å². The van der Waals surface area contributed by atoms with Gasteiger partial charge in [0.25, 0.3) is 0 Å². The maximum absolute atomic E-state index is 12.0. The number of methoxy groups -OCH3 is 1.